The van der Waals surface area contributed by atoms with Crippen LogP contribution in [0.1, 0.15) is 69.2 Å². The summed E-state index contributed by atoms with van der Waals surface area (Å²) in [6.45, 7) is 40.0. The third kappa shape index (κ3) is 17.7. The zero-order valence-electron chi connectivity index (χ0n) is 22.1. The third-order valence-corrected chi connectivity index (χ3v) is 10.6. The van der Waals surface area contributed by atoms with Gasteiger partial charge in [-0.1, -0.05) is 69.2 Å². The molecule has 0 spiro atoms. The van der Waals surface area contributed by atoms with Gasteiger partial charge in [0.15, 0.2) is 0 Å². The van der Waals surface area contributed by atoms with Crippen LogP contribution in [-0.2, 0) is 70.2 Å². The first-order valence-electron chi connectivity index (χ1n) is 9.58. The molecule has 0 amide bonds. The molecule has 1 heterocycles. The van der Waals surface area contributed by atoms with E-state index in [9.17, 15) is 0 Å². The fourth-order valence-electron chi connectivity index (χ4n) is 2.95. The summed E-state index contributed by atoms with van der Waals surface area (Å²) in [6.07, 6.45) is 0. The predicted octanol–water partition coefficient (Wildman–Crippen LogP) is 8.40. The molecular formula is C26H30O4P2Ru2S2. The molecule has 0 saturated heterocycles. The summed E-state index contributed by atoms with van der Waals surface area (Å²) in [6, 6.07) is 0. The van der Waals surface area contributed by atoms with Gasteiger partial charge in [-0.25, -0.2) is 0 Å². The fourth-order valence-corrected chi connectivity index (χ4v) is 6.62. The summed E-state index contributed by atoms with van der Waals surface area (Å²) in [5, 5.41) is 3.01. The van der Waals surface area contributed by atoms with Crippen LogP contribution in [0.2, 0.25) is 0 Å². The minimum atomic E-state index is 0. The molecule has 3 rings (SSSR count). The zero-order chi connectivity index (χ0) is 28.2. The van der Waals surface area contributed by atoms with Gasteiger partial charge in [-0.15, -0.1) is 0 Å². The van der Waals surface area contributed by atoms with Crippen molar-refractivity contribution < 1.29 is 57.6 Å². The van der Waals surface area contributed by atoms with Crippen molar-refractivity contribution in [1.29, 1.82) is 0 Å². The van der Waals surface area contributed by atoms with Crippen molar-refractivity contribution in [2.75, 3.05) is 0 Å². The van der Waals surface area contributed by atoms with E-state index in [1.165, 1.54) is 74.9 Å². The molecule has 2 fully saturated rings. The second kappa shape index (κ2) is 30.7. The van der Waals surface area contributed by atoms with Gasteiger partial charge in [-0.05, 0) is 59.2 Å². The number of hydrogen-bond donors (Lipinski definition) is 0. The first-order chi connectivity index (χ1) is 16.0. The molecule has 10 heteroatoms. The summed E-state index contributed by atoms with van der Waals surface area (Å²) in [4.78, 5) is 0. The van der Waals surface area contributed by atoms with Crippen molar-refractivity contribution in [2.24, 2.45) is 0 Å². The summed E-state index contributed by atoms with van der Waals surface area (Å²) in [5.41, 5.74) is 0. The summed E-state index contributed by atoms with van der Waals surface area (Å²) >= 11 is 6.35. The Hall–Kier alpha value is 1.12. The molecule has 0 unspecified atom stereocenters. The minimum absolute atomic E-state index is 0. The monoisotopic (exact) mass is 736 g/mol. The zero-order valence-corrected chi connectivity index (χ0v) is 28.9. The molecular weight excluding hydrogens is 705 g/mol. The molecule has 196 valence electrons. The van der Waals surface area contributed by atoms with Crippen molar-refractivity contribution in [3.8, 4) is 0 Å². The van der Waals surface area contributed by atoms with Crippen LogP contribution in [0, 0.1) is 90.9 Å². The predicted molar refractivity (Wildman–Crippen MR) is 139 cm³/mol. The first-order valence-corrected chi connectivity index (χ1v) is 13.3. The Morgan fingerprint density at radius 2 is 0.667 bits per heavy atom. The van der Waals surface area contributed by atoms with E-state index in [1.807, 2.05) is 0 Å². The second-order valence-corrected chi connectivity index (χ2v) is 11.6. The molecule has 0 aliphatic heterocycles. The van der Waals surface area contributed by atoms with Crippen LogP contribution < -0.4 is 0 Å². The van der Waals surface area contributed by atoms with Crippen LogP contribution in [0.5, 0.6) is 0 Å². The van der Waals surface area contributed by atoms with E-state index in [2.05, 4.69) is 101 Å². The largest absolute Gasteiger partial charge is 1.00 e. The average Bonchev–Trinajstić information content (AvgIpc) is 3.49. The van der Waals surface area contributed by atoms with Gasteiger partial charge in [0, 0.05) is 0 Å². The molecule has 36 heavy (non-hydrogen) atoms. The molecule has 1 aromatic heterocycles. The van der Waals surface area contributed by atoms with Gasteiger partial charge in [0.05, 0.1) is 0 Å². The maximum absolute atomic E-state index is 7.50. The van der Waals surface area contributed by atoms with Gasteiger partial charge in [0.2, 0.25) is 0 Å². The summed E-state index contributed by atoms with van der Waals surface area (Å²) in [5.74, 6) is 14.7. The minimum Gasteiger partial charge on any atom is -0.862 e. The molecule has 2 saturated carbocycles. The Morgan fingerprint density at radius 3 is 0.722 bits per heavy atom. The first kappa shape index (κ1) is 50.0. The molecule has 0 atom stereocenters. The number of rotatable bonds is 0. The van der Waals surface area contributed by atoms with E-state index in [1.54, 1.807) is 11.3 Å². The van der Waals surface area contributed by atoms with E-state index in [-0.39, 0.29) is 39.0 Å². The van der Waals surface area contributed by atoms with Crippen LogP contribution in [0.25, 0.3) is 0 Å². The van der Waals surface area contributed by atoms with E-state index < -0.39 is 0 Å². The van der Waals surface area contributed by atoms with Crippen LogP contribution in [0.4, 0.5) is 0 Å². The standard InChI is InChI=1S/2C10H15.C2HP2S2.4CO.2Ru/c2*1-6-7(2)9(4)10(5)8(6)3;5-2-4-3-1-6-2;4*1-2;;/h2*1-5H3;5H;;;;;;/q;;-1;;;;;2*+1/p-1. The molecule has 2 aliphatic carbocycles. The van der Waals surface area contributed by atoms with Crippen molar-refractivity contribution >= 4 is 39.7 Å². The third-order valence-electron chi connectivity index (χ3n) is 5.93. The van der Waals surface area contributed by atoms with Crippen LogP contribution >= 0.6 is 27.1 Å². The topological polar surface area (TPSA) is 79.6 Å². The van der Waals surface area contributed by atoms with Crippen LogP contribution in [-0.4, -0.2) is 0 Å². The van der Waals surface area contributed by atoms with Crippen molar-refractivity contribution in [3.05, 3.63) is 90.9 Å². The molecule has 0 aromatic carbocycles. The maximum Gasteiger partial charge on any atom is 1.00 e. The summed E-state index contributed by atoms with van der Waals surface area (Å²) < 4.78 is 31.1. The Morgan fingerprint density at radius 1 is 0.500 bits per heavy atom. The van der Waals surface area contributed by atoms with Crippen molar-refractivity contribution in [3.63, 3.8) is 0 Å². The van der Waals surface area contributed by atoms with E-state index in [4.69, 9.17) is 31.2 Å². The number of hydrogen-bond acceptors (Lipinski definition) is 2. The van der Waals surface area contributed by atoms with Crippen LogP contribution in [0.3, 0.4) is 0 Å². The van der Waals surface area contributed by atoms with Gasteiger partial charge in [-0.3, -0.25) is 3.94 Å². The quantitative estimate of drug-likeness (QED) is 0.114. The maximum atomic E-state index is 7.50. The normalized spacial score (nSPS) is 18.0. The molecule has 1 aromatic rings. The summed E-state index contributed by atoms with van der Waals surface area (Å²) in [7, 11) is 2.47. The molecule has 12 radical (unpaired) electrons. The van der Waals surface area contributed by atoms with Gasteiger partial charge < -0.3 is 24.0 Å². The second-order valence-electron chi connectivity index (χ2n) is 6.91. The smallest absolute Gasteiger partial charge is 0.862 e. The SMILES string of the molecule is C[C]1[C](C)[C](C)[C](C)[C]1C.C[C]1[C](C)[C](C)[C](C)[C]1C.[C-]#[O+].[C-]#[O+].[C-]#[O+].[C-]#[O+].[Ru+].[Ru+].[S-]c1pp[c-]s1. The van der Waals surface area contributed by atoms with Crippen molar-refractivity contribution in [1.82, 2.24) is 0 Å². The van der Waals surface area contributed by atoms with Crippen molar-refractivity contribution in [2.45, 2.75) is 73.2 Å². The molecule has 0 N–H and O–H groups in total. The Labute approximate surface area is 259 Å². The van der Waals surface area contributed by atoms with Gasteiger partial charge >= 0.3 is 84.2 Å². The van der Waals surface area contributed by atoms with Gasteiger partial charge in [-0.2, -0.15) is 20.9 Å². The molecule has 4 nitrogen and oxygen atoms in total. The Balaban J connectivity index is -0.0000000815. The Kier molecular flexibility index (Phi) is 42.6. The van der Waals surface area contributed by atoms with E-state index >= 15 is 0 Å². The molecule has 0 bridgehead atoms. The average molecular weight is 735 g/mol. The van der Waals surface area contributed by atoms with Crippen LogP contribution in [0.15, 0.2) is 3.94 Å². The Bertz CT molecular complexity index is 543. The van der Waals surface area contributed by atoms with Gasteiger partial charge in [0.1, 0.15) is 0 Å². The van der Waals surface area contributed by atoms with E-state index in [0.717, 1.165) is 3.94 Å². The van der Waals surface area contributed by atoms with E-state index in [0.29, 0.717) is 0 Å². The van der Waals surface area contributed by atoms with Gasteiger partial charge in [0.25, 0.3) is 0 Å². The molecule has 2 aliphatic rings. The fraction of sp³-hybridized carbons (Fsp3) is 0.385.